The van der Waals surface area contributed by atoms with Crippen molar-refractivity contribution in [3.05, 3.63) is 77.3 Å². The molecule has 0 atom stereocenters. The molecule has 0 fully saturated rings. The van der Waals surface area contributed by atoms with E-state index < -0.39 is 10.0 Å². The molecule has 9 heteroatoms. The Balaban J connectivity index is 1.63. The highest BCUT2D eigenvalue weighted by molar-refractivity contribution is 7.92. The number of carbonyl (C=O) groups excluding carboxylic acids is 1. The van der Waals surface area contributed by atoms with Gasteiger partial charge in [-0.25, -0.2) is 8.42 Å². The average molecular weight is 489 g/mol. The molecule has 0 aliphatic carbocycles. The van der Waals surface area contributed by atoms with E-state index in [9.17, 15) is 13.2 Å². The van der Waals surface area contributed by atoms with Crippen molar-refractivity contribution in [3.8, 4) is 11.5 Å². The van der Waals surface area contributed by atoms with Crippen LogP contribution in [-0.2, 0) is 21.2 Å². The molecule has 0 aromatic heterocycles. The van der Waals surface area contributed by atoms with E-state index in [-0.39, 0.29) is 28.2 Å². The zero-order chi connectivity index (χ0) is 23.8. The van der Waals surface area contributed by atoms with Gasteiger partial charge in [0.15, 0.2) is 6.61 Å². The summed E-state index contributed by atoms with van der Waals surface area (Å²) in [6, 6.07) is 18.1. The SMILES string of the molecule is CCOc1ccc(NS(=O)(=O)c2ccc(OCC(=O)Nc3ccccc3CC)c(Cl)c2)cc1. The summed E-state index contributed by atoms with van der Waals surface area (Å²) >= 11 is 6.22. The fourth-order valence-electron chi connectivity index (χ4n) is 3.05. The summed E-state index contributed by atoms with van der Waals surface area (Å²) in [7, 11) is -3.87. The van der Waals surface area contributed by atoms with Crippen molar-refractivity contribution in [3.63, 3.8) is 0 Å². The molecule has 0 unspecified atom stereocenters. The van der Waals surface area contributed by atoms with Crippen LogP contribution in [0.15, 0.2) is 71.6 Å². The van der Waals surface area contributed by atoms with Crippen LogP contribution < -0.4 is 19.5 Å². The van der Waals surface area contributed by atoms with Crippen molar-refractivity contribution < 1.29 is 22.7 Å². The Morgan fingerprint density at radius 2 is 1.70 bits per heavy atom. The number of nitrogens with one attached hydrogen (secondary N) is 2. The molecular weight excluding hydrogens is 464 g/mol. The Labute approximate surface area is 198 Å². The first-order valence-electron chi connectivity index (χ1n) is 10.4. The summed E-state index contributed by atoms with van der Waals surface area (Å²) in [6.45, 7) is 4.12. The van der Waals surface area contributed by atoms with Gasteiger partial charge in [0.25, 0.3) is 15.9 Å². The summed E-state index contributed by atoms with van der Waals surface area (Å²) in [5.41, 5.74) is 2.12. The molecule has 0 aliphatic heterocycles. The second-order valence-electron chi connectivity index (χ2n) is 7.00. The molecule has 7 nitrogen and oxygen atoms in total. The van der Waals surface area contributed by atoms with Crippen molar-refractivity contribution in [2.75, 3.05) is 23.3 Å². The molecule has 1 amide bonds. The highest BCUT2D eigenvalue weighted by atomic mass is 35.5. The van der Waals surface area contributed by atoms with E-state index in [4.69, 9.17) is 21.1 Å². The number of hydrogen-bond acceptors (Lipinski definition) is 5. The van der Waals surface area contributed by atoms with Crippen molar-refractivity contribution in [1.29, 1.82) is 0 Å². The standard InChI is InChI=1S/C24H25ClN2O5S/c1-3-17-7-5-6-8-22(17)26-24(28)16-32-23-14-13-20(15-21(23)25)33(29,30)27-18-9-11-19(12-10-18)31-4-2/h5-15,27H,3-4,16H2,1-2H3,(H,26,28). The maximum absolute atomic E-state index is 12.7. The van der Waals surface area contributed by atoms with Crippen molar-refractivity contribution >= 4 is 38.9 Å². The minimum atomic E-state index is -3.87. The van der Waals surface area contributed by atoms with E-state index in [1.54, 1.807) is 24.3 Å². The maximum atomic E-state index is 12.7. The van der Waals surface area contributed by atoms with Crippen LogP contribution in [0.4, 0.5) is 11.4 Å². The first kappa shape index (κ1) is 24.4. The van der Waals surface area contributed by atoms with E-state index in [0.717, 1.165) is 17.7 Å². The number of anilines is 2. The van der Waals surface area contributed by atoms with Gasteiger partial charge in [-0.1, -0.05) is 36.7 Å². The second kappa shape index (κ2) is 11.1. The molecule has 3 aromatic carbocycles. The van der Waals surface area contributed by atoms with Gasteiger partial charge >= 0.3 is 0 Å². The van der Waals surface area contributed by atoms with E-state index in [2.05, 4.69) is 10.0 Å². The lowest BCUT2D eigenvalue weighted by molar-refractivity contribution is -0.118. The second-order valence-corrected chi connectivity index (χ2v) is 9.09. The topological polar surface area (TPSA) is 93.7 Å². The third-order valence-electron chi connectivity index (χ3n) is 4.66. The number of halogens is 1. The van der Waals surface area contributed by atoms with Gasteiger partial charge in [0.2, 0.25) is 0 Å². The number of amides is 1. The Morgan fingerprint density at radius 3 is 2.36 bits per heavy atom. The van der Waals surface area contributed by atoms with Crippen molar-refractivity contribution in [1.82, 2.24) is 0 Å². The van der Waals surface area contributed by atoms with E-state index in [1.165, 1.54) is 18.2 Å². The lowest BCUT2D eigenvalue weighted by Crippen LogP contribution is -2.21. The largest absolute Gasteiger partial charge is 0.494 e. The molecule has 0 saturated heterocycles. The van der Waals surface area contributed by atoms with Gasteiger partial charge in [-0.3, -0.25) is 9.52 Å². The fraction of sp³-hybridized carbons (Fsp3) is 0.208. The average Bonchev–Trinajstić information content (AvgIpc) is 2.80. The molecule has 0 spiro atoms. The number of ether oxygens (including phenoxy) is 2. The molecular formula is C24H25ClN2O5S. The Morgan fingerprint density at radius 1 is 0.970 bits per heavy atom. The highest BCUT2D eigenvalue weighted by Gasteiger charge is 2.17. The van der Waals surface area contributed by atoms with Gasteiger partial charge < -0.3 is 14.8 Å². The number of carbonyl (C=O) groups is 1. The summed E-state index contributed by atoms with van der Waals surface area (Å²) in [6.07, 6.45) is 0.782. The van der Waals surface area contributed by atoms with Gasteiger partial charge in [-0.15, -0.1) is 0 Å². The molecule has 0 heterocycles. The minimum Gasteiger partial charge on any atom is -0.494 e. The van der Waals surface area contributed by atoms with Gasteiger partial charge in [0.05, 0.1) is 16.5 Å². The first-order chi connectivity index (χ1) is 15.8. The molecule has 0 bridgehead atoms. The first-order valence-corrected chi connectivity index (χ1v) is 12.2. The Kier molecular flexibility index (Phi) is 8.19. The predicted octanol–water partition coefficient (Wildman–Crippen LogP) is 5.12. The van der Waals surface area contributed by atoms with E-state index in [1.807, 2.05) is 38.1 Å². The quantitative estimate of drug-likeness (QED) is 0.413. The Hall–Kier alpha value is -3.23. The fourth-order valence-corrected chi connectivity index (χ4v) is 4.43. The van der Waals surface area contributed by atoms with Crippen LogP contribution >= 0.6 is 11.6 Å². The van der Waals surface area contributed by atoms with Crippen molar-refractivity contribution in [2.45, 2.75) is 25.2 Å². The number of benzene rings is 3. The summed E-state index contributed by atoms with van der Waals surface area (Å²) in [4.78, 5) is 12.2. The van der Waals surface area contributed by atoms with Crippen LogP contribution in [0.1, 0.15) is 19.4 Å². The highest BCUT2D eigenvalue weighted by Crippen LogP contribution is 2.29. The molecule has 0 saturated carbocycles. The number of para-hydroxylation sites is 1. The molecule has 3 aromatic rings. The number of hydrogen-bond donors (Lipinski definition) is 2. The molecule has 0 aliphatic rings. The van der Waals surface area contributed by atoms with E-state index >= 15 is 0 Å². The molecule has 174 valence electrons. The van der Waals surface area contributed by atoms with Gasteiger partial charge in [-0.2, -0.15) is 0 Å². The van der Waals surface area contributed by atoms with Crippen LogP contribution in [0.5, 0.6) is 11.5 Å². The molecule has 3 rings (SSSR count). The monoisotopic (exact) mass is 488 g/mol. The maximum Gasteiger partial charge on any atom is 0.262 e. The lowest BCUT2D eigenvalue weighted by atomic mass is 10.1. The van der Waals surface area contributed by atoms with Crippen LogP contribution in [0.25, 0.3) is 0 Å². The van der Waals surface area contributed by atoms with Crippen LogP contribution in [0, 0.1) is 0 Å². The number of aryl methyl sites for hydroxylation is 1. The zero-order valence-corrected chi connectivity index (χ0v) is 19.9. The third kappa shape index (κ3) is 6.63. The third-order valence-corrected chi connectivity index (χ3v) is 6.34. The predicted molar refractivity (Wildman–Crippen MR) is 130 cm³/mol. The van der Waals surface area contributed by atoms with E-state index in [0.29, 0.717) is 18.0 Å². The molecule has 0 radical (unpaired) electrons. The van der Waals surface area contributed by atoms with Crippen LogP contribution in [0.3, 0.4) is 0 Å². The number of rotatable bonds is 10. The summed E-state index contributed by atoms with van der Waals surface area (Å²) in [5, 5.41) is 2.88. The van der Waals surface area contributed by atoms with Crippen molar-refractivity contribution in [2.24, 2.45) is 0 Å². The normalized spacial score (nSPS) is 11.0. The Bertz CT molecular complexity index is 1210. The van der Waals surface area contributed by atoms with Gasteiger partial charge in [0, 0.05) is 11.4 Å². The molecule has 33 heavy (non-hydrogen) atoms. The lowest BCUT2D eigenvalue weighted by Gasteiger charge is -2.13. The smallest absolute Gasteiger partial charge is 0.262 e. The zero-order valence-electron chi connectivity index (χ0n) is 18.3. The molecule has 2 N–H and O–H groups in total. The number of sulfonamides is 1. The van der Waals surface area contributed by atoms with Crippen LogP contribution in [0.2, 0.25) is 5.02 Å². The minimum absolute atomic E-state index is 0.0324. The summed E-state index contributed by atoms with van der Waals surface area (Å²) < 4.78 is 38.7. The van der Waals surface area contributed by atoms with Crippen LogP contribution in [-0.4, -0.2) is 27.5 Å². The van der Waals surface area contributed by atoms with Gasteiger partial charge in [0.1, 0.15) is 11.5 Å². The summed E-state index contributed by atoms with van der Waals surface area (Å²) in [5.74, 6) is 0.503. The van der Waals surface area contributed by atoms with Gasteiger partial charge in [-0.05, 0) is 67.4 Å².